The Morgan fingerprint density at radius 1 is 1.10 bits per heavy atom. The van der Waals surface area contributed by atoms with E-state index in [0.717, 1.165) is 36.2 Å². The van der Waals surface area contributed by atoms with Crippen LogP contribution in [0.2, 0.25) is 0 Å². The minimum atomic E-state index is 0.0944. The van der Waals surface area contributed by atoms with Gasteiger partial charge in [0.2, 0.25) is 5.91 Å². The van der Waals surface area contributed by atoms with Crippen LogP contribution in [0.25, 0.3) is 5.69 Å². The number of nitrogens with one attached hydrogen (secondary N) is 1. The van der Waals surface area contributed by atoms with Crippen LogP contribution in [-0.4, -0.2) is 50.5 Å². The Labute approximate surface area is 190 Å². The van der Waals surface area contributed by atoms with E-state index in [2.05, 4.69) is 51.0 Å². The molecule has 1 saturated heterocycles. The number of rotatable bonds is 7. The molecule has 2 fully saturated rings. The summed E-state index contributed by atoms with van der Waals surface area (Å²) < 4.78 is 2.14. The lowest BCUT2D eigenvalue weighted by atomic mass is 9.86. The fourth-order valence-electron chi connectivity index (χ4n) is 4.84. The molecule has 168 valence electrons. The van der Waals surface area contributed by atoms with Crippen molar-refractivity contribution in [2.45, 2.75) is 76.0 Å². The average Bonchev–Trinajstić information content (AvgIpc) is 3.24. The van der Waals surface area contributed by atoms with Crippen LogP contribution in [0, 0.1) is 5.92 Å². The van der Waals surface area contributed by atoms with Gasteiger partial charge in [-0.1, -0.05) is 56.1 Å². The Morgan fingerprint density at radius 2 is 1.84 bits per heavy atom. The summed E-state index contributed by atoms with van der Waals surface area (Å²) in [5, 5.41) is 13.1. The Bertz CT molecular complexity index is 849. The van der Waals surface area contributed by atoms with Crippen molar-refractivity contribution in [3.8, 4) is 5.69 Å². The number of benzene rings is 1. The third-order valence-electron chi connectivity index (χ3n) is 6.78. The highest BCUT2D eigenvalue weighted by Gasteiger charge is 2.26. The zero-order valence-electron chi connectivity index (χ0n) is 18.8. The number of carbonyl (C=O) groups excluding carboxylic acids is 1. The molecule has 1 aliphatic carbocycles. The van der Waals surface area contributed by atoms with Gasteiger partial charge in [0.1, 0.15) is 0 Å². The standard InChI is InChI=1S/C24H35N5OS/c1-18-11-7-8-14-21(18)25-22(30)17-31-24-27-26-23(19(2)28-15-9-4-10-16-28)29(24)20-12-5-3-6-13-20/h3,5-6,12-13,18-19,21H,4,7-11,14-17H2,1-2H3,(H,25,30)/t18-,19+,21-/m1/s1. The van der Waals surface area contributed by atoms with Crippen molar-refractivity contribution in [1.82, 2.24) is 25.0 Å². The maximum atomic E-state index is 12.7. The molecule has 2 aromatic rings. The molecule has 2 aliphatic rings. The molecule has 6 nitrogen and oxygen atoms in total. The Kier molecular flexibility index (Phi) is 7.67. The first-order chi connectivity index (χ1) is 15.1. The van der Waals surface area contributed by atoms with Crippen molar-refractivity contribution >= 4 is 17.7 Å². The van der Waals surface area contributed by atoms with Crippen molar-refractivity contribution in [2.24, 2.45) is 5.92 Å². The SMILES string of the molecule is C[C@@H]1CCCC[C@H]1NC(=O)CSc1nnc([C@H](C)N2CCCCC2)n1-c1ccccc1. The Hall–Kier alpha value is -1.86. The van der Waals surface area contributed by atoms with E-state index in [0.29, 0.717) is 17.7 Å². The van der Waals surface area contributed by atoms with Crippen molar-refractivity contribution in [1.29, 1.82) is 0 Å². The van der Waals surface area contributed by atoms with Gasteiger partial charge in [-0.15, -0.1) is 10.2 Å². The van der Waals surface area contributed by atoms with E-state index in [-0.39, 0.29) is 11.9 Å². The highest BCUT2D eigenvalue weighted by molar-refractivity contribution is 7.99. The molecular weight excluding hydrogens is 406 g/mol. The summed E-state index contributed by atoms with van der Waals surface area (Å²) >= 11 is 1.48. The van der Waals surface area contributed by atoms with Gasteiger partial charge in [-0.3, -0.25) is 14.3 Å². The Balaban J connectivity index is 1.49. The van der Waals surface area contributed by atoms with E-state index in [1.807, 2.05) is 18.2 Å². The third-order valence-corrected chi connectivity index (χ3v) is 7.70. The lowest BCUT2D eigenvalue weighted by Gasteiger charge is -2.31. The topological polar surface area (TPSA) is 63.1 Å². The molecule has 0 bridgehead atoms. The molecule has 4 rings (SSSR count). The van der Waals surface area contributed by atoms with Gasteiger partial charge < -0.3 is 5.32 Å². The molecule has 2 heterocycles. The van der Waals surface area contributed by atoms with Gasteiger partial charge in [0.05, 0.1) is 11.8 Å². The molecule has 1 N–H and O–H groups in total. The number of thioether (sulfide) groups is 1. The molecule has 31 heavy (non-hydrogen) atoms. The summed E-state index contributed by atoms with van der Waals surface area (Å²) in [5.41, 5.74) is 1.05. The molecule has 0 unspecified atom stereocenters. The molecule has 0 radical (unpaired) electrons. The fourth-order valence-corrected chi connectivity index (χ4v) is 5.61. The summed E-state index contributed by atoms with van der Waals surface area (Å²) in [6.07, 6.45) is 8.58. The number of hydrogen-bond donors (Lipinski definition) is 1. The van der Waals surface area contributed by atoms with E-state index in [9.17, 15) is 4.79 Å². The molecular formula is C24H35N5OS. The second-order valence-corrected chi connectivity index (χ2v) is 9.95. The number of hydrogen-bond acceptors (Lipinski definition) is 5. The van der Waals surface area contributed by atoms with Crippen LogP contribution in [0.15, 0.2) is 35.5 Å². The normalized spacial score (nSPS) is 23.4. The first-order valence-electron chi connectivity index (χ1n) is 11.8. The van der Waals surface area contributed by atoms with Gasteiger partial charge in [-0.05, 0) is 63.7 Å². The smallest absolute Gasteiger partial charge is 0.230 e. The number of carbonyl (C=O) groups is 1. The monoisotopic (exact) mass is 441 g/mol. The van der Waals surface area contributed by atoms with Crippen LogP contribution in [-0.2, 0) is 4.79 Å². The second-order valence-electron chi connectivity index (χ2n) is 9.01. The zero-order chi connectivity index (χ0) is 21.6. The molecule has 1 aromatic heterocycles. The summed E-state index contributed by atoms with van der Waals surface area (Å²) in [6, 6.07) is 10.8. The predicted molar refractivity (Wildman–Crippen MR) is 125 cm³/mol. The highest BCUT2D eigenvalue weighted by atomic mass is 32.2. The zero-order valence-corrected chi connectivity index (χ0v) is 19.6. The summed E-state index contributed by atoms with van der Waals surface area (Å²) in [4.78, 5) is 15.2. The van der Waals surface area contributed by atoms with Crippen LogP contribution in [0.4, 0.5) is 0 Å². The molecule has 1 aliphatic heterocycles. The van der Waals surface area contributed by atoms with Crippen molar-refractivity contribution in [3.63, 3.8) is 0 Å². The first-order valence-corrected chi connectivity index (χ1v) is 12.8. The molecule has 1 amide bonds. The average molecular weight is 442 g/mol. The van der Waals surface area contributed by atoms with E-state index < -0.39 is 0 Å². The summed E-state index contributed by atoms with van der Waals surface area (Å²) in [7, 11) is 0. The molecule has 1 aromatic carbocycles. The fraction of sp³-hybridized carbons (Fsp3) is 0.625. The number of piperidine rings is 1. The van der Waals surface area contributed by atoms with Crippen molar-refractivity contribution in [2.75, 3.05) is 18.8 Å². The van der Waals surface area contributed by atoms with Crippen LogP contribution >= 0.6 is 11.8 Å². The predicted octanol–water partition coefficient (Wildman–Crippen LogP) is 4.60. The quantitative estimate of drug-likeness (QED) is 0.636. The number of nitrogens with zero attached hydrogens (tertiary/aromatic N) is 4. The molecule has 1 saturated carbocycles. The van der Waals surface area contributed by atoms with E-state index >= 15 is 0 Å². The maximum Gasteiger partial charge on any atom is 0.230 e. The van der Waals surface area contributed by atoms with Gasteiger partial charge in [0.15, 0.2) is 11.0 Å². The summed E-state index contributed by atoms with van der Waals surface area (Å²) in [6.45, 7) is 6.68. The van der Waals surface area contributed by atoms with Crippen LogP contribution in [0.5, 0.6) is 0 Å². The lowest BCUT2D eigenvalue weighted by molar-refractivity contribution is -0.119. The molecule has 7 heteroatoms. The van der Waals surface area contributed by atoms with Crippen molar-refractivity contribution < 1.29 is 4.79 Å². The van der Waals surface area contributed by atoms with Crippen molar-refractivity contribution in [3.05, 3.63) is 36.2 Å². The molecule has 0 spiro atoms. The van der Waals surface area contributed by atoms with Crippen LogP contribution in [0.3, 0.4) is 0 Å². The van der Waals surface area contributed by atoms with Gasteiger partial charge in [0.25, 0.3) is 0 Å². The van der Waals surface area contributed by atoms with E-state index in [1.165, 1.54) is 50.3 Å². The number of amides is 1. The minimum Gasteiger partial charge on any atom is -0.352 e. The minimum absolute atomic E-state index is 0.0944. The van der Waals surface area contributed by atoms with Crippen LogP contribution < -0.4 is 5.32 Å². The van der Waals surface area contributed by atoms with Crippen LogP contribution in [0.1, 0.15) is 70.7 Å². The number of aromatic nitrogens is 3. The second kappa shape index (κ2) is 10.6. The maximum absolute atomic E-state index is 12.7. The van der Waals surface area contributed by atoms with Gasteiger partial charge >= 0.3 is 0 Å². The largest absolute Gasteiger partial charge is 0.352 e. The number of likely N-dealkylation sites (tertiary alicyclic amines) is 1. The Morgan fingerprint density at radius 3 is 2.58 bits per heavy atom. The lowest BCUT2D eigenvalue weighted by Crippen LogP contribution is -2.41. The van der Waals surface area contributed by atoms with Gasteiger partial charge in [-0.25, -0.2) is 0 Å². The highest BCUT2D eigenvalue weighted by Crippen LogP contribution is 2.29. The van der Waals surface area contributed by atoms with E-state index in [4.69, 9.17) is 0 Å². The van der Waals surface area contributed by atoms with Gasteiger partial charge in [-0.2, -0.15) is 0 Å². The summed E-state index contributed by atoms with van der Waals surface area (Å²) in [5.74, 6) is 1.98. The van der Waals surface area contributed by atoms with E-state index in [1.54, 1.807) is 0 Å². The van der Waals surface area contributed by atoms with Gasteiger partial charge in [0, 0.05) is 11.7 Å². The third kappa shape index (κ3) is 5.50. The number of para-hydroxylation sites is 1. The first kappa shape index (κ1) is 22.3. The molecule has 3 atom stereocenters.